The first kappa shape index (κ1) is 11.0. The van der Waals surface area contributed by atoms with Gasteiger partial charge < -0.3 is 5.32 Å². The Morgan fingerprint density at radius 3 is 2.74 bits per heavy atom. The van der Waals surface area contributed by atoms with E-state index in [9.17, 15) is 4.79 Å². The van der Waals surface area contributed by atoms with Gasteiger partial charge in [0.2, 0.25) is 5.91 Å². The van der Waals surface area contributed by atoms with Crippen LogP contribution in [0.2, 0.25) is 0 Å². The third-order valence-electron chi connectivity index (χ3n) is 4.40. The van der Waals surface area contributed by atoms with Crippen LogP contribution >= 0.6 is 0 Å². The molecule has 96 valence electrons. The van der Waals surface area contributed by atoms with Crippen LogP contribution in [0.4, 0.5) is 0 Å². The zero-order chi connectivity index (χ0) is 12.8. The van der Waals surface area contributed by atoms with E-state index in [1.165, 1.54) is 21.9 Å². The van der Waals surface area contributed by atoms with Gasteiger partial charge in [-0.25, -0.2) is 0 Å². The van der Waals surface area contributed by atoms with Crippen LogP contribution in [-0.2, 0) is 11.2 Å². The highest BCUT2D eigenvalue weighted by Crippen LogP contribution is 2.38. The van der Waals surface area contributed by atoms with Crippen molar-refractivity contribution in [2.24, 2.45) is 5.92 Å². The molecule has 1 atom stereocenters. The predicted octanol–water partition coefficient (Wildman–Crippen LogP) is 3.01. The lowest BCUT2D eigenvalue weighted by molar-refractivity contribution is -0.122. The number of benzene rings is 2. The second-order valence-electron chi connectivity index (χ2n) is 5.78. The van der Waals surface area contributed by atoms with E-state index in [1.54, 1.807) is 0 Å². The molecule has 2 heteroatoms. The average molecular weight is 251 g/mol. The molecule has 4 rings (SSSR count). The van der Waals surface area contributed by atoms with Gasteiger partial charge in [-0.15, -0.1) is 0 Å². The molecule has 2 nitrogen and oxygen atoms in total. The van der Waals surface area contributed by atoms with Crippen molar-refractivity contribution in [2.75, 3.05) is 6.54 Å². The fourth-order valence-electron chi connectivity index (χ4n) is 3.23. The number of hydrogen-bond donors (Lipinski definition) is 1. The summed E-state index contributed by atoms with van der Waals surface area (Å²) >= 11 is 0. The van der Waals surface area contributed by atoms with E-state index in [4.69, 9.17) is 0 Å². The minimum Gasteiger partial charge on any atom is -0.355 e. The second-order valence-corrected chi connectivity index (χ2v) is 5.78. The first-order valence-corrected chi connectivity index (χ1v) is 7.11. The Hall–Kier alpha value is -1.83. The SMILES string of the molecule is O=C(NCC1Cc2cccc3cccc1c23)C1CC1. The minimum atomic E-state index is 0.253. The third-order valence-corrected chi connectivity index (χ3v) is 4.40. The number of hydrogen-bond acceptors (Lipinski definition) is 1. The summed E-state index contributed by atoms with van der Waals surface area (Å²) in [5.41, 5.74) is 2.84. The molecule has 2 aliphatic carbocycles. The summed E-state index contributed by atoms with van der Waals surface area (Å²) in [6.07, 6.45) is 3.21. The molecule has 0 spiro atoms. The maximum Gasteiger partial charge on any atom is 0.223 e. The van der Waals surface area contributed by atoms with Crippen molar-refractivity contribution in [3.05, 3.63) is 47.5 Å². The Morgan fingerprint density at radius 1 is 1.16 bits per heavy atom. The highest BCUT2D eigenvalue weighted by atomic mass is 16.2. The molecule has 19 heavy (non-hydrogen) atoms. The lowest BCUT2D eigenvalue weighted by atomic mass is 10.00. The highest BCUT2D eigenvalue weighted by molar-refractivity contribution is 5.91. The maximum atomic E-state index is 11.8. The Morgan fingerprint density at radius 2 is 1.95 bits per heavy atom. The van der Waals surface area contributed by atoms with Gasteiger partial charge in [-0.3, -0.25) is 4.79 Å². The monoisotopic (exact) mass is 251 g/mol. The highest BCUT2D eigenvalue weighted by Gasteiger charge is 2.31. The number of rotatable bonds is 3. The molecule has 2 aromatic rings. The van der Waals surface area contributed by atoms with Crippen molar-refractivity contribution in [2.45, 2.75) is 25.2 Å². The molecule has 1 N–H and O–H groups in total. The first-order chi connectivity index (χ1) is 9.33. The van der Waals surface area contributed by atoms with Crippen molar-refractivity contribution in [3.63, 3.8) is 0 Å². The van der Waals surface area contributed by atoms with Crippen molar-refractivity contribution in [1.82, 2.24) is 5.32 Å². The first-order valence-electron chi connectivity index (χ1n) is 7.11. The average Bonchev–Trinajstić information content (AvgIpc) is 3.22. The van der Waals surface area contributed by atoms with Gasteiger partial charge in [0.1, 0.15) is 0 Å². The number of carbonyl (C=O) groups is 1. The van der Waals surface area contributed by atoms with Gasteiger partial charge >= 0.3 is 0 Å². The quantitative estimate of drug-likeness (QED) is 0.892. The van der Waals surface area contributed by atoms with Crippen LogP contribution < -0.4 is 5.32 Å². The molecule has 1 fully saturated rings. The van der Waals surface area contributed by atoms with Crippen LogP contribution in [0.1, 0.15) is 29.9 Å². The number of amides is 1. The zero-order valence-corrected chi connectivity index (χ0v) is 10.9. The van der Waals surface area contributed by atoms with Crippen LogP contribution in [0, 0.1) is 5.92 Å². The molecule has 0 saturated heterocycles. The molecule has 1 unspecified atom stereocenters. The largest absolute Gasteiger partial charge is 0.355 e. The van der Waals surface area contributed by atoms with Crippen LogP contribution in [-0.4, -0.2) is 12.5 Å². The Balaban J connectivity index is 1.60. The van der Waals surface area contributed by atoms with Gasteiger partial charge in [-0.1, -0.05) is 36.4 Å². The summed E-state index contributed by atoms with van der Waals surface area (Å²) < 4.78 is 0. The van der Waals surface area contributed by atoms with Crippen LogP contribution in [0.5, 0.6) is 0 Å². The Kier molecular flexibility index (Phi) is 2.37. The molecule has 0 aliphatic heterocycles. The summed E-state index contributed by atoms with van der Waals surface area (Å²) in [4.78, 5) is 11.8. The molecule has 2 aromatic carbocycles. The molecule has 1 saturated carbocycles. The smallest absolute Gasteiger partial charge is 0.223 e. The molecule has 0 radical (unpaired) electrons. The van der Waals surface area contributed by atoms with Crippen molar-refractivity contribution < 1.29 is 4.79 Å². The molecule has 1 amide bonds. The fraction of sp³-hybridized carbons (Fsp3) is 0.353. The minimum absolute atomic E-state index is 0.253. The van der Waals surface area contributed by atoms with E-state index in [0.717, 1.165) is 25.8 Å². The van der Waals surface area contributed by atoms with Gasteiger partial charge in [0.15, 0.2) is 0 Å². The van der Waals surface area contributed by atoms with E-state index >= 15 is 0 Å². The number of nitrogens with one attached hydrogen (secondary N) is 1. The van der Waals surface area contributed by atoms with Gasteiger partial charge in [0.25, 0.3) is 0 Å². The van der Waals surface area contributed by atoms with E-state index in [2.05, 4.69) is 41.7 Å². The van der Waals surface area contributed by atoms with Crippen molar-refractivity contribution >= 4 is 16.7 Å². The maximum absolute atomic E-state index is 11.8. The topological polar surface area (TPSA) is 29.1 Å². The van der Waals surface area contributed by atoms with E-state index < -0.39 is 0 Å². The standard InChI is InChI=1S/C17H17NO/c19-17(12-7-8-12)18-10-14-9-13-5-1-3-11-4-2-6-15(14)16(11)13/h1-6,12,14H,7-10H2,(H,18,19). The molecule has 2 aliphatic rings. The molecule has 0 heterocycles. The van der Waals surface area contributed by atoms with Crippen LogP contribution in [0.25, 0.3) is 10.8 Å². The van der Waals surface area contributed by atoms with Crippen LogP contribution in [0.15, 0.2) is 36.4 Å². The molecular formula is C17H17NO. The van der Waals surface area contributed by atoms with E-state index in [0.29, 0.717) is 11.8 Å². The predicted molar refractivity (Wildman–Crippen MR) is 76.1 cm³/mol. The fourth-order valence-corrected chi connectivity index (χ4v) is 3.23. The Bertz CT molecular complexity index is 652. The Labute approximate surface area is 112 Å². The molecule has 0 bridgehead atoms. The van der Waals surface area contributed by atoms with Gasteiger partial charge in [0.05, 0.1) is 0 Å². The van der Waals surface area contributed by atoms with Gasteiger partial charge in [0, 0.05) is 18.4 Å². The van der Waals surface area contributed by atoms with Crippen molar-refractivity contribution in [1.29, 1.82) is 0 Å². The zero-order valence-electron chi connectivity index (χ0n) is 10.9. The summed E-state index contributed by atoms with van der Waals surface area (Å²) in [5, 5.41) is 5.86. The summed E-state index contributed by atoms with van der Waals surface area (Å²) in [7, 11) is 0. The molecule has 0 aromatic heterocycles. The third kappa shape index (κ3) is 1.83. The normalized spacial score (nSPS) is 20.7. The summed E-state index contributed by atoms with van der Waals surface area (Å²) in [6, 6.07) is 13.0. The van der Waals surface area contributed by atoms with Crippen molar-refractivity contribution in [3.8, 4) is 0 Å². The van der Waals surface area contributed by atoms with E-state index in [1.807, 2.05) is 0 Å². The summed E-state index contributed by atoms with van der Waals surface area (Å²) in [6.45, 7) is 0.781. The second kappa shape index (κ2) is 4.09. The van der Waals surface area contributed by atoms with Gasteiger partial charge in [-0.2, -0.15) is 0 Å². The lowest BCUT2D eigenvalue weighted by Crippen LogP contribution is -2.29. The van der Waals surface area contributed by atoms with Crippen LogP contribution in [0.3, 0.4) is 0 Å². The summed E-state index contributed by atoms with van der Waals surface area (Å²) in [5.74, 6) is 1.01. The van der Waals surface area contributed by atoms with Gasteiger partial charge in [-0.05, 0) is 41.2 Å². The number of carbonyl (C=O) groups excluding carboxylic acids is 1. The lowest BCUT2D eigenvalue weighted by Gasteiger charge is -2.12. The van der Waals surface area contributed by atoms with E-state index in [-0.39, 0.29) is 5.91 Å². The molecular weight excluding hydrogens is 234 g/mol.